The molecule has 0 saturated heterocycles. The number of nitrogen functional groups attached to an aromatic ring is 1. The fourth-order valence-electron chi connectivity index (χ4n) is 2.06. The second-order valence-electron chi connectivity index (χ2n) is 4.43. The third-order valence-corrected chi connectivity index (χ3v) is 3.58. The molecule has 0 unspecified atom stereocenters. The van der Waals surface area contributed by atoms with Crippen molar-refractivity contribution in [1.82, 2.24) is 0 Å². The quantitative estimate of drug-likeness (QED) is 0.776. The molecule has 0 atom stereocenters. The van der Waals surface area contributed by atoms with Gasteiger partial charge in [0.1, 0.15) is 5.75 Å². The van der Waals surface area contributed by atoms with Gasteiger partial charge in [0.2, 0.25) is 0 Å². The minimum Gasteiger partial charge on any atom is -0.492 e. The van der Waals surface area contributed by atoms with E-state index in [2.05, 4.69) is 40.3 Å². The van der Waals surface area contributed by atoms with Gasteiger partial charge in [0.25, 0.3) is 0 Å². The standard InChI is InChI=1S/C16H19BrN2O/c1-3-11-10-12(17)8-9-13(11)19-14-6-5-7-15(16(14)18)20-4-2/h5-10,19H,3-4,18H2,1-2H3. The maximum absolute atomic E-state index is 6.14. The van der Waals surface area contributed by atoms with Crippen LogP contribution in [0, 0.1) is 0 Å². The zero-order valence-electron chi connectivity index (χ0n) is 11.7. The largest absolute Gasteiger partial charge is 0.492 e. The first-order chi connectivity index (χ1) is 9.65. The molecule has 2 aromatic rings. The average molecular weight is 335 g/mol. The number of halogens is 1. The zero-order chi connectivity index (χ0) is 14.5. The normalized spacial score (nSPS) is 10.3. The Morgan fingerprint density at radius 2 is 1.95 bits per heavy atom. The monoisotopic (exact) mass is 334 g/mol. The van der Waals surface area contributed by atoms with Gasteiger partial charge >= 0.3 is 0 Å². The zero-order valence-corrected chi connectivity index (χ0v) is 13.3. The van der Waals surface area contributed by atoms with Crippen molar-refractivity contribution in [3.05, 3.63) is 46.4 Å². The summed E-state index contributed by atoms with van der Waals surface area (Å²) in [6.07, 6.45) is 0.951. The van der Waals surface area contributed by atoms with Crippen LogP contribution in [0.3, 0.4) is 0 Å². The number of rotatable bonds is 5. The lowest BCUT2D eigenvalue weighted by Crippen LogP contribution is -2.02. The van der Waals surface area contributed by atoms with E-state index in [1.54, 1.807) is 0 Å². The van der Waals surface area contributed by atoms with Crippen LogP contribution in [0.4, 0.5) is 17.1 Å². The van der Waals surface area contributed by atoms with Crippen molar-refractivity contribution in [3.63, 3.8) is 0 Å². The van der Waals surface area contributed by atoms with Crippen molar-refractivity contribution in [2.45, 2.75) is 20.3 Å². The number of ether oxygens (including phenoxy) is 1. The minimum absolute atomic E-state index is 0.603. The fourth-order valence-corrected chi connectivity index (χ4v) is 2.46. The minimum atomic E-state index is 0.603. The Morgan fingerprint density at radius 3 is 2.65 bits per heavy atom. The molecule has 0 bridgehead atoms. The number of nitrogens with one attached hydrogen (secondary N) is 1. The number of anilines is 3. The highest BCUT2D eigenvalue weighted by atomic mass is 79.9. The Balaban J connectivity index is 2.33. The van der Waals surface area contributed by atoms with Crippen LogP contribution in [0.15, 0.2) is 40.9 Å². The second-order valence-corrected chi connectivity index (χ2v) is 5.35. The van der Waals surface area contributed by atoms with Gasteiger partial charge in [-0.25, -0.2) is 0 Å². The molecule has 0 radical (unpaired) electrons. The molecule has 0 amide bonds. The van der Waals surface area contributed by atoms with E-state index >= 15 is 0 Å². The lowest BCUT2D eigenvalue weighted by molar-refractivity contribution is 0.342. The number of hydrogen-bond donors (Lipinski definition) is 2. The third kappa shape index (κ3) is 3.25. The summed E-state index contributed by atoms with van der Waals surface area (Å²) in [7, 11) is 0. The molecular weight excluding hydrogens is 316 g/mol. The Morgan fingerprint density at radius 1 is 1.15 bits per heavy atom. The van der Waals surface area contributed by atoms with E-state index in [0.29, 0.717) is 18.0 Å². The van der Waals surface area contributed by atoms with E-state index < -0.39 is 0 Å². The van der Waals surface area contributed by atoms with Crippen LogP contribution in [0.1, 0.15) is 19.4 Å². The fraction of sp³-hybridized carbons (Fsp3) is 0.250. The number of para-hydroxylation sites is 1. The SMILES string of the molecule is CCOc1cccc(Nc2ccc(Br)cc2CC)c1N. The van der Waals surface area contributed by atoms with Gasteiger partial charge < -0.3 is 15.8 Å². The van der Waals surface area contributed by atoms with Crippen LogP contribution in [0.5, 0.6) is 5.75 Å². The highest BCUT2D eigenvalue weighted by Crippen LogP contribution is 2.33. The molecule has 3 nitrogen and oxygen atoms in total. The summed E-state index contributed by atoms with van der Waals surface area (Å²) >= 11 is 3.50. The van der Waals surface area contributed by atoms with Crippen LogP contribution in [-0.2, 0) is 6.42 Å². The molecule has 106 valence electrons. The lowest BCUT2D eigenvalue weighted by atomic mass is 10.1. The molecule has 3 N–H and O–H groups in total. The van der Waals surface area contributed by atoms with Gasteiger partial charge in [0.05, 0.1) is 18.0 Å². The molecule has 2 rings (SSSR count). The van der Waals surface area contributed by atoms with Gasteiger partial charge in [-0.1, -0.05) is 28.9 Å². The summed E-state index contributed by atoms with van der Waals surface area (Å²) in [5, 5.41) is 3.39. The molecule has 0 aromatic heterocycles. The number of aryl methyl sites for hydroxylation is 1. The van der Waals surface area contributed by atoms with E-state index in [9.17, 15) is 0 Å². The van der Waals surface area contributed by atoms with Gasteiger partial charge in [-0.2, -0.15) is 0 Å². The molecule has 2 aromatic carbocycles. The molecule has 0 spiro atoms. The molecule has 0 heterocycles. The Labute approximate surface area is 128 Å². The molecule has 0 fully saturated rings. The van der Waals surface area contributed by atoms with Crippen molar-refractivity contribution in [2.24, 2.45) is 0 Å². The van der Waals surface area contributed by atoms with E-state index in [1.807, 2.05) is 31.2 Å². The maximum atomic E-state index is 6.14. The molecule has 0 aliphatic heterocycles. The number of hydrogen-bond acceptors (Lipinski definition) is 3. The van der Waals surface area contributed by atoms with Crippen molar-refractivity contribution in [2.75, 3.05) is 17.7 Å². The average Bonchev–Trinajstić information content (AvgIpc) is 2.45. The van der Waals surface area contributed by atoms with Gasteiger partial charge in [0, 0.05) is 10.2 Å². The summed E-state index contributed by atoms with van der Waals surface area (Å²) in [5.41, 5.74) is 9.95. The molecule has 0 aliphatic rings. The van der Waals surface area contributed by atoms with E-state index in [0.717, 1.165) is 22.3 Å². The van der Waals surface area contributed by atoms with Gasteiger partial charge in [-0.3, -0.25) is 0 Å². The lowest BCUT2D eigenvalue weighted by Gasteiger charge is -2.15. The summed E-state index contributed by atoms with van der Waals surface area (Å²) in [6, 6.07) is 12.0. The summed E-state index contributed by atoms with van der Waals surface area (Å²) < 4.78 is 6.60. The predicted octanol–water partition coefficient (Wildman–Crippen LogP) is 4.74. The molecule has 20 heavy (non-hydrogen) atoms. The summed E-state index contributed by atoms with van der Waals surface area (Å²) in [6.45, 7) is 4.68. The molecule has 0 aliphatic carbocycles. The van der Waals surface area contributed by atoms with Crippen molar-refractivity contribution in [1.29, 1.82) is 0 Å². The molecule has 0 saturated carbocycles. The second kappa shape index (κ2) is 6.66. The van der Waals surface area contributed by atoms with Crippen molar-refractivity contribution in [3.8, 4) is 5.75 Å². The summed E-state index contributed by atoms with van der Waals surface area (Å²) in [4.78, 5) is 0. The molecular formula is C16H19BrN2O. The highest BCUT2D eigenvalue weighted by Gasteiger charge is 2.08. The maximum Gasteiger partial charge on any atom is 0.144 e. The Kier molecular flexibility index (Phi) is 4.90. The Bertz CT molecular complexity index is 599. The van der Waals surface area contributed by atoms with Crippen LogP contribution in [0.25, 0.3) is 0 Å². The topological polar surface area (TPSA) is 47.3 Å². The van der Waals surface area contributed by atoms with Crippen LogP contribution < -0.4 is 15.8 Å². The van der Waals surface area contributed by atoms with Crippen molar-refractivity contribution >= 4 is 33.0 Å². The van der Waals surface area contributed by atoms with Gasteiger partial charge in [-0.15, -0.1) is 0 Å². The molecule has 4 heteroatoms. The van der Waals surface area contributed by atoms with E-state index in [4.69, 9.17) is 10.5 Å². The first kappa shape index (κ1) is 14.7. The van der Waals surface area contributed by atoms with Gasteiger partial charge in [-0.05, 0) is 49.2 Å². The van der Waals surface area contributed by atoms with E-state index in [1.165, 1.54) is 5.56 Å². The van der Waals surface area contributed by atoms with Crippen LogP contribution >= 0.6 is 15.9 Å². The predicted molar refractivity (Wildman–Crippen MR) is 88.8 cm³/mol. The number of nitrogens with two attached hydrogens (primary N) is 1. The van der Waals surface area contributed by atoms with E-state index in [-0.39, 0.29) is 0 Å². The van der Waals surface area contributed by atoms with Crippen LogP contribution in [0.2, 0.25) is 0 Å². The Hall–Kier alpha value is -1.68. The smallest absolute Gasteiger partial charge is 0.144 e. The summed E-state index contributed by atoms with van der Waals surface area (Å²) in [5.74, 6) is 0.715. The highest BCUT2D eigenvalue weighted by molar-refractivity contribution is 9.10. The van der Waals surface area contributed by atoms with Gasteiger partial charge in [0.15, 0.2) is 0 Å². The third-order valence-electron chi connectivity index (χ3n) is 3.08. The first-order valence-electron chi connectivity index (χ1n) is 6.72. The van der Waals surface area contributed by atoms with Crippen LogP contribution in [-0.4, -0.2) is 6.61 Å². The number of benzene rings is 2. The first-order valence-corrected chi connectivity index (χ1v) is 7.51. The van der Waals surface area contributed by atoms with Crippen molar-refractivity contribution < 1.29 is 4.74 Å².